The van der Waals surface area contributed by atoms with E-state index >= 15 is 0 Å². The lowest BCUT2D eigenvalue weighted by Crippen LogP contribution is -2.06. The van der Waals surface area contributed by atoms with Gasteiger partial charge in [-0.1, -0.05) is 23.2 Å². The van der Waals surface area contributed by atoms with E-state index in [1.807, 2.05) is 6.92 Å². The highest BCUT2D eigenvalue weighted by molar-refractivity contribution is 6.34. The number of halogens is 2. The summed E-state index contributed by atoms with van der Waals surface area (Å²) in [6.07, 6.45) is -1.25. The molecule has 0 radical (unpaired) electrons. The summed E-state index contributed by atoms with van der Waals surface area (Å²) in [4.78, 5) is 0. The van der Waals surface area contributed by atoms with Crippen molar-refractivity contribution in [2.24, 2.45) is 0 Å². The standard InChI is InChI=1S/C14H16Cl2N2O3/c1-8-12(6-9-4-10(15)7-11(16)5-9)13(14(20)21)17-18(8)2-3-19/h4-5,7,14,19-21H,2-3,6H2,1H3. The van der Waals surface area contributed by atoms with Gasteiger partial charge in [-0.15, -0.1) is 0 Å². The molecular weight excluding hydrogens is 315 g/mol. The predicted molar refractivity (Wildman–Crippen MR) is 80.5 cm³/mol. The van der Waals surface area contributed by atoms with E-state index in [0.717, 1.165) is 11.3 Å². The SMILES string of the molecule is Cc1c(Cc2cc(Cl)cc(Cl)c2)c(C(O)O)nn1CCO. The quantitative estimate of drug-likeness (QED) is 0.733. The molecule has 0 spiro atoms. The zero-order chi connectivity index (χ0) is 15.6. The van der Waals surface area contributed by atoms with Gasteiger partial charge in [0.05, 0.1) is 13.2 Å². The molecule has 3 N–H and O–H groups in total. The molecule has 0 atom stereocenters. The first-order chi connectivity index (χ1) is 9.92. The number of nitrogens with zero attached hydrogens (tertiary/aromatic N) is 2. The van der Waals surface area contributed by atoms with Gasteiger partial charge in [0.1, 0.15) is 5.69 Å². The average molecular weight is 331 g/mol. The highest BCUT2D eigenvalue weighted by Gasteiger charge is 2.19. The molecule has 0 amide bonds. The number of rotatable bonds is 5. The van der Waals surface area contributed by atoms with E-state index in [9.17, 15) is 10.2 Å². The first-order valence-corrected chi connectivity index (χ1v) is 7.16. The number of aliphatic hydroxyl groups is 3. The fourth-order valence-corrected chi connectivity index (χ4v) is 2.83. The summed E-state index contributed by atoms with van der Waals surface area (Å²) in [6, 6.07) is 5.17. The number of aliphatic hydroxyl groups excluding tert-OH is 2. The van der Waals surface area contributed by atoms with E-state index in [1.165, 1.54) is 0 Å². The fraction of sp³-hybridized carbons (Fsp3) is 0.357. The Bertz CT molecular complexity index is 621. The second-order valence-electron chi connectivity index (χ2n) is 4.72. The Morgan fingerprint density at radius 2 is 1.81 bits per heavy atom. The van der Waals surface area contributed by atoms with Crippen molar-refractivity contribution in [3.63, 3.8) is 0 Å². The monoisotopic (exact) mass is 330 g/mol. The summed E-state index contributed by atoms with van der Waals surface area (Å²) in [5.74, 6) is 0. The summed E-state index contributed by atoms with van der Waals surface area (Å²) in [5.41, 5.74) is 2.48. The summed E-state index contributed by atoms with van der Waals surface area (Å²) < 4.78 is 1.55. The molecule has 0 saturated heterocycles. The van der Waals surface area contributed by atoms with Crippen LogP contribution in [-0.4, -0.2) is 31.7 Å². The number of benzene rings is 1. The van der Waals surface area contributed by atoms with E-state index in [1.54, 1.807) is 22.9 Å². The molecule has 2 aromatic rings. The maximum absolute atomic E-state index is 9.46. The number of hydrogen-bond donors (Lipinski definition) is 3. The minimum atomic E-state index is -1.67. The predicted octanol–water partition coefficient (Wildman–Crippen LogP) is 2.06. The second kappa shape index (κ2) is 6.77. The molecule has 5 nitrogen and oxygen atoms in total. The number of hydrogen-bond acceptors (Lipinski definition) is 4. The first-order valence-electron chi connectivity index (χ1n) is 6.40. The van der Waals surface area contributed by atoms with Gasteiger partial charge in [0.15, 0.2) is 6.29 Å². The Morgan fingerprint density at radius 3 is 2.33 bits per heavy atom. The van der Waals surface area contributed by atoms with Crippen LogP contribution in [0.15, 0.2) is 18.2 Å². The Hall–Kier alpha value is -1.11. The third-order valence-corrected chi connectivity index (χ3v) is 3.66. The van der Waals surface area contributed by atoms with Gasteiger partial charge in [-0.05, 0) is 30.7 Å². The van der Waals surface area contributed by atoms with Crippen LogP contribution in [0, 0.1) is 6.92 Å². The minimum Gasteiger partial charge on any atom is -0.394 e. The molecule has 0 unspecified atom stereocenters. The van der Waals surface area contributed by atoms with Crippen LogP contribution in [0.1, 0.15) is 28.8 Å². The molecular formula is C14H16Cl2N2O3. The lowest BCUT2D eigenvalue weighted by atomic mass is 10.0. The van der Waals surface area contributed by atoms with Crippen molar-refractivity contribution in [1.29, 1.82) is 0 Å². The lowest BCUT2D eigenvalue weighted by molar-refractivity contribution is -0.0468. The lowest BCUT2D eigenvalue weighted by Gasteiger charge is -2.07. The maximum atomic E-state index is 9.46. The Morgan fingerprint density at radius 1 is 1.19 bits per heavy atom. The van der Waals surface area contributed by atoms with Crippen LogP contribution < -0.4 is 0 Å². The van der Waals surface area contributed by atoms with Crippen LogP contribution >= 0.6 is 23.2 Å². The zero-order valence-electron chi connectivity index (χ0n) is 11.4. The Labute approximate surface area is 132 Å². The highest BCUT2D eigenvalue weighted by Crippen LogP contribution is 2.26. The zero-order valence-corrected chi connectivity index (χ0v) is 12.9. The third-order valence-electron chi connectivity index (χ3n) is 3.22. The van der Waals surface area contributed by atoms with E-state index in [2.05, 4.69) is 5.10 Å². The molecule has 0 bridgehead atoms. The van der Waals surface area contributed by atoms with Gasteiger partial charge in [-0.3, -0.25) is 4.68 Å². The van der Waals surface area contributed by atoms with Crippen LogP contribution in [0.5, 0.6) is 0 Å². The molecule has 114 valence electrons. The van der Waals surface area contributed by atoms with Crippen LogP contribution in [0.3, 0.4) is 0 Å². The molecule has 0 fully saturated rings. The molecule has 2 rings (SSSR count). The largest absolute Gasteiger partial charge is 0.394 e. The van der Waals surface area contributed by atoms with E-state index in [-0.39, 0.29) is 12.3 Å². The smallest absolute Gasteiger partial charge is 0.198 e. The van der Waals surface area contributed by atoms with Crippen molar-refractivity contribution in [2.45, 2.75) is 26.2 Å². The molecule has 0 aliphatic heterocycles. The summed E-state index contributed by atoms with van der Waals surface area (Å²) in [5, 5.41) is 33.1. The molecule has 0 saturated carbocycles. The maximum Gasteiger partial charge on any atom is 0.198 e. The normalized spacial score (nSPS) is 11.4. The van der Waals surface area contributed by atoms with Gasteiger partial charge in [-0.25, -0.2) is 0 Å². The average Bonchev–Trinajstić information content (AvgIpc) is 2.67. The Balaban J connectivity index is 2.42. The summed E-state index contributed by atoms with van der Waals surface area (Å²) in [7, 11) is 0. The van der Waals surface area contributed by atoms with Gasteiger partial charge in [0, 0.05) is 27.7 Å². The van der Waals surface area contributed by atoms with Crippen molar-refractivity contribution in [1.82, 2.24) is 9.78 Å². The Kier molecular flexibility index (Phi) is 5.24. The molecule has 21 heavy (non-hydrogen) atoms. The molecule has 1 heterocycles. The molecule has 1 aromatic heterocycles. The first kappa shape index (κ1) is 16.3. The molecule has 1 aromatic carbocycles. The highest BCUT2D eigenvalue weighted by atomic mass is 35.5. The summed E-state index contributed by atoms with van der Waals surface area (Å²) >= 11 is 12.0. The topological polar surface area (TPSA) is 78.5 Å². The second-order valence-corrected chi connectivity index (χ2v) is 5.60. The minimum absolute atomic E-state index is 0.0775. The van der Waals surface area contributed by atoms with Gasteiger partial charge in [0.2, 0.25) is 0 Å². The van der Waals surface area contributed by atoms with Crippen LogP contribution in [0.2, 0.25) is 10.0 Å². The fourth-order valence-electron chi connectivity index (χ4n) is 2.26. The van der Waals surface area contributed by atoms with Crippen molar-refractivity contribution >= 4 is 23.2 Å². The van der Waals surface area contributed by atoms with Gasteiger partial charge in [-0.2, -0.15) is 5.10 Å². The van der Waals surface area contributed by atoms with Gasteiger partial charge < -0.3 is 15.3 Å². The van der Waals surface area contributed by atoms with E-state index in [4.69, 9.17) is 28.3 Å². The third kappa shape index (κ3) is 3.75. The van der Waals surface area contributed by atoms with Gasteiger partial charge >= 0.3 is 0 Å². The van der Waals surface area contributed by atoms with Gasteiger partial charge in [0.25, 0.3) is 0 Å². The molecule has 0 aliphatic rings. The van der Waals surface area contributed by atoms with Crippen molar-refractivity contribution < 1.29 is 15.3 Å². The van der Waals surface area contributed by atoms with E-state index < -0.39 is 6.29 Å². The summed E-state index contributed by atoms with van der Waals surface area (Å²) in [6.45, 7) is 2.03. The van der Waals surface area contributed by atoms with Crippen molar-refractivity contribution in [3.05, 3.63) is 50.8 Å². The van der Waals surface area contributed by atoms with Crippen LogP contribution in [-0.2, 0) is 13.0 Å². The van der Waals surface area contributed by atoms with Crippen LogP contribution in [0.25, 0.3) is 0 Å². The number of aromatic nitrogens is 2. The van der Waals surface area contributed by atoms with Crippen LogP contribution in [0.4, 0.5) is 0 Å². The van der Waals surface area contributed by atoms with Crippen molar-refractivity contribution in [3.8, 4) is 0 Å². The van der Waals surface area contributed by atoms with Crippen molar-refractivity contribution in [2.75, 3.05) is 6.61 Å². The van der Waals surface area contributed by atoms with E-state index in [0.29, 0.717) is 28.6 Å². The molecule has 7 heteroatoms. The molecule has 0 aliphatic carbocycles.